The summed E-state index contributed by atoms with van der Waals surface area (Å²) in [5, 5.41) is 9.98. The number of carbonyl (C=O) groups excluding carboxylic acids is 1. The third kappa shape index (κ3) is 4.60. The molecule has 192 valence electrons. The maximum absolute atomic E-state index is 13.6. The maximum Gasteiger partial charge on any atom is 0.338 e. The Morgan fingerprint density at radius 1 is 1.13 bits per heavy atom. The van der Waals surface area contributed by atoms with Crippen molar-refractivity contribution in [2.45, 2.75) is 13.0 Å². The molecular weight excluding hydrogens is 551 g/mol. The van der Waals surface area contributed by atoms with Crippen LogP contribution in [0.3, 0.4) is 0 Å². The van der Waals surface area contributed by atoms with Crippen molar-refractivity contribution >= 4 is 52.6 Å². The molecule has 2 aromatic carbocycles. The van der Waals surface area contributed by atoms with Gasteiger partial charge < -0.3 is 14.3 Å². The number of furan rings is 1. The Labute approximate surface area is 229 Å². The Hall–Kier alpha value is -3.92. The van der Waals surface area contributed by atoms with Crippen molar-refractivity contribution in [1.29, 1.82) is 0 Å². The standard InChI is InChI=1S/C27H18Cl2N2O6S/c1-13-22(26(35)36-2)23(14-3-6-16(28)7-4-14)31-24(32)21(38-27(31)30-13)12-17-8-10-20(37-17)15-5-9-19(29)18(11-15)25(33)34/h3-12,23H,1-2H3,(H,33,34)/b21-12-/t23-/m0/s1. The molecule has 4 aromatic rings. The maximum atomic E-state index is 13.6. The SMILES string of the molecule is COC(=O)C1=C(C)N=c2s/c(=C\c3ccc(-c4ccc(Cl)c(C(=O)O)c4)o3)c(=O)n2[C@H]1c1ccc(Cl)cc1. The lowest BCUT2D eigenvalue weighted by Crippen LogP contribution is -2.39. The van der Waals surface area contributed by atoms with E-state index in [2.05, 4.69) is 4.99 Å². The number of thiazole rings is 1. The summed E-state index contributed by atoms with van der Waals surface area (Å²) in [5.74, 6) is -0.948. The predicted molar refractivity (Wildman–Crippen MR) is 143 cm³/mol. The third-order valence-corrected chi connectivity index (χ3v) is 7.56. The number of benzene rings is 2. The summed E-state index contributed by atoms with van der Waals surface area (Å²) in [6.07, 6.45) is 1.58. The van der Waals surface area contributed by atoms with Crippen molar-refractivity contribution in [1.82, 2.24) is 4.57 Å². The number of carboxylic acid groups (broad SMARTS) is 1. The number of hydrogen-bond donors (Lipinski definition) is 1. The van der Waals surface area contributed by atoms with E-state index in [1.165, 1.54) is 23.8 Å². The number of ether oxygens (including phenoxy) is 1. The van der Waals surface area contributed by atoms with E-state index in [9.17, 15) is 19.5 Å². The zero-order valence-electron chi connectivity index (χ0n) is 19.9. The topological polar surface area (TPSA) is 111 Å². The molecule has 0 saturated heterocycles. The Morgan fingerprint density at radius 3 is 2.55 bits per heavy atom. The fourth-order valence-corrected chi connectivity index (χ4v) is 5.56. The molecule has 1 atom stereocenters. The summed E-state index contributed by atoms with van der Waals surface area (Å²) in [4.78, 5) is 42.7. The van der Waals surface area contributed by atoms with Gasteiger partial charge in [0.2, 0.25) is 0 Å². The molecule has 0 bridgehead atoms. The highest BCUT2D eigenvalue weighted by atomic mass is 35.5. The first kappa shape index (κ1) is 25.7. The second-order valence-corrected chi connectivity index (χ2v) is 10.2. The Balaban J connectivity index is 1.62. The minimum absolute atomic E-state index is 0.0468. The molecule has 0 aliphatic carbocycles. The fourth-order valence-electron chi connectivity index (χ4n) is 4.21. The quantitative estimate of drug-likeness (QED) is 0.350. The molecule has 5 rings (SSSR count). The summed E-state index contributed by atoms with van der Waals surface area (Å²) < 4.78 is 12.7. The van der Waals surface area contributed by atoms with E-state index in [4.69, 9.17) is 32.4 Å². The minimum atomic E-state index is -1.15. The number of fused-ring (bicyclic) bond motifs is 1. The lowest BCUT2D eigenvalue weighted by atomic mass is 9.96. The number of aromatic carboxylic acids is 1. The van der Waals surface area contributed by atoms with Crippen LogP contribution >= 0.6 is 34.5 Å². The summed E-state index contributed by atoms with van der Waals surface area (Å²) in [6, 6.07) is 14.0. The van der Waals surface area contributed by atoms with E-state index in [1.54, 1.807) is 55.5 Å². The average molecular weight is 569 g/mol. The number of carboxylic acids is 1. The first-order valence-electron chi connectivity index (χ1n) is 11.2. The highest BCUT2D eigenvalue weighted by molar-refractivity contribution is 7.07. The van der Waals surface area contributed by atoms with Gasteiger partial charge in [-0.1, -0.05) is 46.7 Å². The van der Waals surface area contributed by atoms with Crippen LogP contribution in [0.5, 0.6) is 0 Å². The number of halogens is 2. The van der Waals surface area contributed by atoms with Gasteiger partial charge in [0.25, 0.3) is 5.56 Å². The van der Waals surface area contributed by atoms with E-state index in [0.29, 0.717) is 42.7 Å². The first-order valence-corrected chi connectivity index (χ1v) is 12.7. The zero-order valence-corrected chi connectivity index (χ0v) is 22.2. The van der Waals surface area contributed by atoms with Gasteiger partial charge in [-0.3, -0.25) is 9.36 Å². The Kier molecular flexibility index (Phi) is 6.83. The largest absolute Gasteiger partial charge is 0.478 e. The molecule has 0 amide bonds. The van der Waals surface area contributed by atoms with Crippen molar-refractivity contribution in [2.75, 3.05) is 7.11 Å². The van der Waals surface area contributed by atoms with E-state index >= 15 is 0 Å². The van der Waals surface area contributed by atoms with Gasteiger partial charge in [-0.2, -0.15) is 0 Å². The molecule has 38 heavy (non-hydrogen) atoms. The smallest absolute Gasteiger partial charge is 0.338 e. The van der Waals surface area contributed by atoms with Crippen LogP contribution in [-0.4, -0.2) is 28.7 Å². The van der Waals surface area contributed by atoms with Gasteiger partial charge in [-0.25, -0.2) is 14.6 Å². The molecule has 0 spiro atoms. The summed E-state index contributed by atoms with van der Waals surface area (Å²) in [6.45, 7) is 1.70. The van der Waals surface area contributed by atoms with Gasteiger partial charge in [0, 0.05) is 16.7 Å². The molecule has 8 nitrogen and oxygen atoms in total. The van der Waals surface area contributed by atoms with Crippen LogP contribution in [0.15, 0.2) is 80.1 Å². The third-order valence-electron chi connectivity index (χ3n) is 5.99. The van der Waals surface area contributed by atoms with Crippen LogP contribution in [0.4, 0.5) is 0 Å². The molecule has 3 heterocycles. The van der Waals surface area contributed by atoms with Gasteiger partial charge in [0.05, 0.1) is 39.5 Å². The molecule has 0 unspecified atom stereocenters. The molecule has 1 aliphatic heterocycles. The summed E-state index contributed by atoms with van der Waals surface area (Å²) in [7, 11) is 1.28. The lowest BCUT2D eigenvalue weighted by molar-refractivity contribution is -0.136. The van der Waals surface area contributed by atoms with Crippen molar-refractivity contribution in [3.63, 3.8) is 0 Å². The molecule has 11 heteroatoms. The van der Waals surface area contributed by atoms with Gasteiger partial charge in [-0.15, -0.1) is 0 Å². The number of nitrogens with zero attached hydrogens (tertiary/aromatic N) is 2. The van der Waals surface area contributed by atoms with Crippen molar-refractivity contribution in [3.8, 4) is 11.3 Å². The zero-order chi connectivity index (χ0) is 27.1. The number of esters is 1. The van der Waals surface area contributed by atoms with Gasteiger partial charge in [0.15, 0.2) is 4.80 Å². The predicted octanol–water partition coefficient (Wildman–Crippen LogP) is 4.67. The highest BCUT2D eigenvalue weighted by Gasteiger charge is 2.33. The number of carbonyl (C=O) groups is 2. The van der Waals surface area contributed by atoms with E-state index in [1.807, 2.05) is 0 Å². The van der Waals surface area contributed by atoms with Crippen LogP contribution in [0.1, 0.15) is 34.6 Å². The van der Waals surface area contributed by atoms with Gasteiger partial charge >= 0.3 is 11.9 Å². The van der Waals surface area contributed by atoms with E-state index in [-0.39, 0.29) is 21.7 Å². The molecular formula is C27H18Cl2N2O6S. The second kappa shape index (κ2) is 10.1. The number of methoxy groups -OCH3 is 1. The normalized spacial score (nSPS) is 15.3. The van der Waals surface area contributed by atoms with Gasteiger partial charge in [-0.05, 0) is 55.0 Å². The van der Waals surface area contributed by atoms with Crippen molar-refractivity contribution in [2.24, 2.45) is 4.99 Å². The monoisotopic (exact) mass is 568 g/mol. The molecule has 0 radical (unpaired) electrons. The van der Waals surface area contributed by atoms with Crippen LogP contribution in [-0.2, 0) is 9.53 Å². The summed E-state index contributed by atoms with van der Waals surface area (Å²) in [5.41, 5.74) is 1.49. The molecule has 1 aliphatic rings. The van der Waals surface area contributed by atoms with E-state index in [0.717, 1.165) is 11.3 Å². The minimum Gasteiger partial charge on any atom is -0.478 e. The number of aromatic nitrogens is 1. The van der Waals surface area contributed by atoms with Crippen molar-refractivity contribution in [3.05, 3.63) is 112 Å². The molecule has 0 saturated carbocycles. The van der Waals surface area contributed by atoms with Crippen molar-refractivity contribution < 1.29 is 23.8 Å². The van der Waals surface area contributed by atoms with Crippen LogP contribution < -0.4 is 14.9 Å². The molecule has 1 N–H and O–H groups in total. The number of allylic oxidation sites excluding steroid dienone is 1. The Bertz CT molecular complexity index is 1810. The Morgan fingerprint density at radius 2 is 1.87 bits per heavy atom. The van der Waals surface area contributed by atoms with Crippen LogP contribution in [0.2, 0.25) is 10.0 Å². The van der Waals surface area contributed by atoms with Crippen LogP contribution in [0, 0.1) is 0 Å². The van der Waals surface area contributed by atoms with E-state index < -0.39 is 18.0 Å². The number of rotatable bonds is 5. The van der Waals surface area contributed by atoms with Crippen LogP contribution in [0.25, 0.3) is 17.4 Å². The van der Waals surface area contributed by atoms with Gasteiger partial charge in [0.1, 0.15) is 11.5 Å². The summed E-state index contributed by atoms with van der Waals surface area (Å²) >= 11 is 13.2. The molecule has 2 aromatic heterocycles. The first-order chi connectivity index (χ1) is 18.2. The number of hydrogen-bond acceptors (Lipinski definition) is 7. The highest BCUT2D eigenvalue weighted by Crippen LogP contribution is 2.31. The second-order valence-electron chi connectivity index (χ2n) is 8.33. The lowest BCUT2D eigenvalue weighted by Gasteiger charge is -2.24. The fraction of sp³-hybridized carbons (Fsp3) is 0.111. The molecule has 0 fully saturated rings. The average Bonchev–Trinajstić information content (AvgIpc) is 3.48.